The lowest BCUT2D eigenvalue weighted by Crippen LogP contribution is -2.35. The highest BCUT2D eigenvalue weighted by molar-refractivity contribution is 5.27. The Balaban J connectivity index is 3.14. The second-order valence-corrected chi connectivity index (χ2v) is 6.60. The minimum atomic E-state index is 0.146. The van der Waals surface area contributed by atoms with E-state index in [9.17, 15) is 0 Å². The molecule has 0 aliphatic rings. The Morgan fingerprint density at radius 2 is 1.65 bits per heavy atom. The van der Waals surface area contributed by atoms with E-state index in [-0.39, 0.29) is 5.54 Å². The maximum atomic E-state index is 4.92. The van der Waals surface area contributed by atoms with E-state index >= 15 is 0 Å². The Morgan fingerprint density at radius 3 is 2.05 bits per heavy atom. The molecule has 1 N–H and O–H groups in total. The fourth-order valence-corrected chi connectivity index (χ4v) is 2.71. The van der Waals surface area contributed by atoms with Crippen LogP contribution in [0.4, 0.5) is 0 Å². The Labute approximate surface area is 125 Å². The summed E-state index contributed by atoms with van der Waals surface area (Å²) in [5.41, 5.74) is 4.27. The van der Waals surface area contributed by atoms with E-state index in [1.807, 2.05) is 0 Å². The molecule has 0 aromatic carbocycles. The average molecular weight is 279 g/mol. The van der Waals surface area contributed by atoms with E-state index in [2.05, 4.69) is 58.5 Å². The van der Waals surface area contributed by atoms with Crippen LogP contribution in [0.5, 0.6) is 0 Å². The highest BCUT2D eigenvalue weighted by atomic mass is 15.3. The largest absolute Gasteiger partial charge is 0.308 e. The smallest absolute Gasteiger partial charge is 0.0669 e. The van der Waals surface area contributed by atoms with Gasteiger partial charge in [0.25, 0.3) is 0 Å². The summed E-state index contributed by atoms with van der Waals surface area (Å²) in [7, 11) is 0. The van der Waals surface area contributed by atoms with Crippen LogP contribution < -0.4 is 5.32 Å². The number of hydrogen-bond donors (Lipinski definition) is 1. The number of aromatic nitrogens is 2. The molecule has 116 valence electrons. The van der Waals surface area contributed by atoms with Gasteiger partial charge in [0.1, 0.15) is 0 Å². The molecule has 1 aromatic rings. The molecule has 1 heterocycles. The summed E-state index contributed by atoms with van der Waals surface area (Å²) in [6.07, 6.45) is 4.38. The molecule has 20 heavy (non-hydrogen) atoms. The topological polar surface area (TPSA) is 29.9 Å². The van der Waals surface area contributed by atoms with Crippen molar-refractivity contribution in [3.63, 3.8) is 0 Å². The van der Waals surface area contributed by atoms with Crippen LogP contribution in [0, 0.1) is 0 Å². The van der Waals surface area contributed by atoms with E-state index in [1.165, 1.54) is 17.0 Å². The second-order valence-electron chi connectivity index (χ2n) is 6.60. The first-order valence-electron chi connectivity index (χ1n) is 8.21. The van der Waals surface area contributed by atoms with Crippen LogP contribution in [0.2, 0.25) is 0 Å². The second kappa shape index (κ2) is 7.26. The van der Waals surface area contributed by atoms with Gasteiger partial charge < -0.3 is 5.32 Å². The maximum absolute atomic E-state index is 4.92. The average Bonchev–Trinajstić information content (AvgIpc) is 2.74. The summed E-state index contributed by atoms with van der Waals surface area (Å²) < 4.78 is 2.30. The van der Waals surface area contributed by atoms with Crippen LogP contribution in [-0.2, 0) is 19.4 Å². The third-order valence-corrected chi connectivity index (χ3v) is 3.96. The van der Waals surface area contributed by atoms with Crippen molar-refractivity contribution in [2.45, 2.75) is 92.3 Å². The minimum absolute atomic E-state index is 0.146. The van der Waals surface area contributed by atoms with Crippen LogP contribution in [0.25, 0.3) is 0 Å². The van der Waals surface area contributed by atoms with Crippen LogP contribution in [0.15, 0.2) is 0 Å². The van der Waals surface area contributed by atoms with Crippen molar-refractivity contribution >= 4 is 0 Å². The molecular weight excluding hydrogens is 246 g/mol. The van der Waals surface area contributed by atoms with Gasteiger partial charge in [-0.1, -0.05) is 27.7 Å². The summed E-state index contributed by atoms with van der Waals surface area (Å²) in [5, 5.41) is 8.54. The molecule has 1 rings (SSSR count). The molecule has 0 atom stereocenters. The predicted octanol–water partition coefficient (Wildman–Crippen LogP) is 4.26. The fraction of sp³-hybridized carbons (Fsp3) is 0.824. The van der Waals surface area contributed by atoms with E-state index in [1.54, 1.807) is 0 Å². The zero-order valence-electron chi connectivity index (χ0n) is 14.5. The summed E-state index contributed by atoms with van der Waals surface area (Å²) in [5.74, 6) is 0. The third-order valence-electron chi connectivity index (χ3n) is 3.96. The molecule has 0 unspecified atom stereocenters. The molecule has 0 amide bonds. The molecular formula is C17H33N3. The van der Waals surface area contributed by atoms with Gasteiger partial charge >= 0.3 is 0 Å². The molecule has 0 saturated heterocycles. The molecule has 0 spiro atoms. The maximum Gasteiger partial charge on any atom is 0.0669 e. The van der Waals surface area contributed by atoms with Gasteiger partial charge in [0.2, 0.25) is 0 Å². The van der Waals surface area contributed by atoms with Crippen molar-refractivity contribution in [3.05, 3.63) is 17.0 Å². The fourth-order valence-electron chi connectivity index (χ4n) is 2.71. The number of hydrogen-bond acceptors (Lipinski definition) is 2. The van der Waals surface area contributed by atoms with Crippen LogP contribution >= 0.6 is 0 Å². The normalized spacial score (nSPS) is 12.4. The van der Waals surface area contributed by atoms with Crippen molar-refractivity contribution in [1.29, 1.82) is 0 Å². The minimum Gasteiger partial charge on any atom is -0.308 e. The molecule has 3 heteroatoms. The monoisotopic (exact) mass is 279 g/mol. The van der Waals surface area contributed by atoms with Gasteiger partial charge in [0, 0.05) is 23.3 Å². The third kappa shape index (κ3) is 4.08. The predicted molar refractivity (Wildman–Crippen MR) is 87.2 cm³/mol. The van der Waals surface area contributed by atoms with Crippen LogP contribution in [-0.4, -0.2) is 15.3 Å². The summed E-state index contributed by atoms with van der Waals surface area (Å²) >= 11 is 0. The standard InChI is InChI=1S/C17H33N3/c1-8-13(9-2)20-16(11-4)14(15(10-3)19-20)12-18-17(5,6)7/h13,18H,8-12H2,1-7H3. The molecule has 0 bridgehead atoms. The van der Waals surface area contributed by atoms with Crippen molar-refractivity contribution in [2.24, 2.45) is 0 Å². The SMILES string of the molecule is CCc1nn(C(CC)CC)c(CC)c1CNC(C)(C)C. The summed E-state index contributed by atoms with van der Waals surface area (Å²) in [6.45, 7) is 16.5. The van der Waals surface area contributed by atoms with Gasteiger partial charge in [-0.05, 0) is 46.5 Å². The van der Waals surface area contributed by atoms with E-state index < -0.39 is 0 Å². The molecule has 1 aromatic heterocycles. The van der Waals surface area contributed by atoms with Crippen molar-refractivity contribution in [2.75, 3.05) is 0 Å². The number of nitrogens with one attached hydrogen (secondary N) is 1. The first-order chi connectivity index (χ1) is 9.37. The Kier molecular flexibility index (Phi) is 6.25. The lowest BCUT2D eigenvalue weighted by Gasteiger charge is -2.21. The zero-order chi connectivity index (χ0) is 15.3. The quantitative estimate of drug-likeness (QED) is 0.808. The van der Waals surface area contributed by atoms with E-state index in [4.69, 9.17) is 5.10 Å². The van der Waals surface area contributed by atoms with Gasteiger partial charge in [-0.25, -0.2) is 0 Å². The molecule has 0 aliphatic heterocycles. The first-order valence-corrected chi connectivity index (χ1v) is 8.21. The van der Waals surface area contributed by atoms with E-state index in [0.717, 1.165) is 32.2 Å². The highest BCUT2D eigenvalue weighted by Crippen LogP contribution is 2.24. The van der Waals surface area contributed by atoms with Gasteiger partial charge in [-0.2, -0.15) is 5.10 Å². The molecule has 0 radical (unpaired) electrons. The highest BCUT2D eigenvalue weighted by Gasteiger charge is 2.20. The van der Waals surface area contributed by atoms with Gasteiger partial charge in [0.15, 0.2) is 0 Å². The van der Waals surface area contributed by atoms with Gasteiger partial charge in [0.05, 0.1) is 11.7 Å². The lowest BCUT2D eigenvalue weighted by molar-refractivity contribution is 0.408. The van der Waals surface area contributed by atoms with Gasteiger partial charge in [-0.15, -0.1) is 0 Å². The van der Waals surface area contributed by atoms with Crippen LogP contribution in [0.1, 0.15) is 84.3 Å². The first kappa shape index (κ1) is 17.2. The lowest BCUT2D eigenvalue weighted by atomic mass is 10.0. The van der Waals surface area contributed by atoms with Crippen molar-refractivity contribution < 1.29 is 0 Å². The molecule has 3 nitrogen and oxygen atoms in total. The van der Waals surface area contributed by atoms with Gasteiger partial charge in [-0.3, -0.25) is 4.68 Å². The number of nitrogens with zero attached hydrogens (tertiary/aromatic N) is 2. The van der Waals surface area contributed by atoms with Crippen molar-refractivity contribution in [1.82, 2.24) is 15.1 Å². The molecule has 0 saturated carbocycles. The number of aryl methyl sites for hydroxylation is 1. The Morgan fingerprint density at radius 1 is 1.05 bits per heavy atom. The van der Waals surface area contributed by atoms with Crippen LogP contribution in [0.3, 0.4) is 0 Å². The van der Waals surface area contributed by atoms with Crippen molar-refractivity contribution in [3.8, 4) is 0 Å². The molecule has 0 fully saturated rings. The zero-order valence-corrected chi connectivity index (χ0v) is 14.5. The Hall–Kier alpha value is -0.830. The summed E-state index contributed by atoms with van der Waals surface area (Å²) in [6, 6.07) is 0.540. The van der Waals surface area contributed by atoms with E-state index in [0.29, 0.717) is 6.04 Å². The molecule has 0 aliphatic carbocycles. The summed E-state index contributed by atoms with van der Waals surface area (Å²) in [4.78, 5) is 0. The number of rotatable bonds is 7. The Bertz CT molecular complexity index is 409.